The van der Waals surface area contributed by atoms with Crippen molar-refractivity contribution in [2.24, 2.45) is 11.8 Å². The number of carbonyl (C=O) groups is 3. The van der Waals surface area contributed by atoms with Crippen LogP contribution in [-0.4, -0.2) is 46.6 Å². The van der Waals surface area contributed by atoms with Crippen molar-refractivity contribution >= 4 is 17.8 Å². The van der Waals surface area contributed by atoms with Gasteiger partial charge in [0.05, 0.1) is 29.7 Å². The van der Waals surface area contributed by atoms with Gasteiger partial charge in [-0.25, -0.2) is 0 Å². The van der Waals surface area contributed by atoms with Gasteiger partial charge in [0.2, 0.25) is 5.91 Å². The number of amides is 1. The van der Waals surface area contributed by atoms with Crippen LogP contribution in [-0.2, 0) is 19.1 Å². The minimum atomic E-state index is -1.47. The molecule has 0 unspecified atom stereocenters. The van der Waals surface area contributed by atoms with Gasteiger partial charge in [-0.3, -0.25) is 9.59 Å². The molecule has 0 aromatic heterocycles. The molecule has 2 aliphatic rings. The van der Waals surface area contributed by atoms with E-state index in [4.69, 9.17) is 4.74 Å². The number of fused-ring (bicyclic) bond motifs is 1. The van der Waals surface area contributed by atoms with Gasteiger partial charge in [0.1, 0.15) is 6.61 Å². The number of aliphatic hydroxyl groups excluding tert-OH is 1. The third-order valence-electron chi connectivity index (χ3n) is 4.19. The molecule has 1 amide bonds. The molecule has 0 aromatic carbocycles. The van der Waals surface area contributed by atoms with E-state index in [1.807, 2.05) is 0 Å². The predicted octanol–water partition coefficient (Wildman–Crippen LogP) is -4.19. The largest absolute Gasteiger partial charge is 1.00 e. The van der Waals surface area contributed by atoms with Crippen LogP contribution >= 0.6 is 0 Å². The van der Waals surface area contributed by atoms with E-state index >= 15 is 0 Å². The van der Waals surface area contributed by atoms with Gasteiger partial charge in [-0.1, -0.05) is 13.8 Å². The molecule has 0 radical (unpaired) electrons. The van der Waals surface area contributed by atoms with Crippen LogP contribution in [0.3, 0.4) is 0 Å². The summed E-state index contributed by atoms with van der Waals surface area (Å²) in [6.07, 6.45) is -0.674. The zero-order valence-electron chi connectivity index (χ0n) is 13.2. The molecule has 0 aromatic rings. The minimum absolute atomic E-state index is 0. The SMILES string of the molecule is CCC(=O)OCC1=C(C(=O)[O-])N2C(=O)[C@H]([C@@H](C)O)[C@H]2[C@H]1C.[Na+]. The Labute approximate surface area is 150 Å². The first-order valence-electron chi connectivity index (χ1n) is 6.92. The quantitative estimate of drug-likeness (QED) is 0.313. The number of carbonyl (C=O) groups excluding carboxylic acids is 3. The number of carboxylic acid groups (broad SMARTS) is 1. The number of rotatable bonds is 5. The van der Waals surface area contributed by atoms with Crippen LogP contribution in [0.25, 0.3) is 0 Å². The zero-order valence-corrected chi connectivity index (χ0v) is 15.2. The molecular weight excluding hydrogens is 301 g/mol. The standard InChI is InChI=1S/C14H19NO6.Na/c1-4-9(17)21-5-8-6(2)11-10(7(3)16)13(18)15(11)12(8)14(19)20;/h6-7,10-11,16H,4-5H2,1-3H3,(H,19,20);/q;+1/p-1/t6-,7+,10+,11+;/m0./s1. The second-order valence-corrected chi connectivity index (χ2v) is 5.43. The molecule has 1 fully saturated rings. The fourth-order valence-corrected chi connectivity index (χ4v) is 3.08. The van der Waals surface area contributed by atoms with Crippen molar-refractivity contribution in [2.75, 3.05) is 6.61 Å². The van der Waals surface area contributed by atoms with E-state index in [0.29, 0.717) is 5.57 Å². The number of esters is 1. The van der Waals surface area contributed by atoms with Gasteiger partial charge in [0.15, 0.2) is 0 Å². The monoisotopic (exact) mass is 319 g/mol. The number of β-lactam (4-membered cyclic amide) rings is 1. The number of hydrogen-bond acceptors (Lipinski definition) is 6. The summed E-state index contributed by atoms with van der Waals surface area (Å²) in [6, 6.07) is -0.416. The van der Waals surface area contributed by atoms with Crippen molar-refractivity contribution in [3.05, 3.63) is 11.3 Å². The molecule has 4 atom stereocenters. The zero-order chi connectivity index (χ0) is 15.9. The third kappa shape index (κ3) is 2.95. The Kier molecular flexibility index (Phi) is 6.20. The van der Waals surface area contributed by atoms with E-state index in [9.17, 15) is 24.6 Å². The fraction of sp³-hybridized carbons (Fsp3) is 0.643. The Morgan fingerprint density at radius 2 is 2.05 bits per heavy atom. The maximum absolute atomic E-state index is 12.0. The molecule has 0 bridgehead atoms. The van der Waals surface area contributed by atoms with E-state index < -0.39 is 35.9 Å². The molecule has 116 valence electrons. The average molecular weight is 319 g/mol. The summed E-state index contributed by atoms with van der Waals surface area (Å²) in [5.41, 5.74) is 0.136. The second-order valence-electron chi connectivity index (χ2n) is 5.43. The first kappa shape index (κ1) is 19.2. The molecule has 1 saturated heterocycles. The smallest absolute Gasteiger partial charge is 0.543 e. The molecule has 22 heavy (non-hydrogen) atoms. The first-order valence-corrected chi connectivity index (χ1v) is 6.92. The van der Waals surface area contributed by atoms with Crippen molar-refractivity contribution in [3.63, 3.8) is 0 Å². The number of hydrogen-bond donors (Lipinski definition) is 1. The number of aliphatic carboxylic acids is 1. The van der Waals surface area contributed by atoms with Crippen LogP contribution < -0.4 is 34.7 Å². The molecule has 2 rings (SSSR count). The summed E-state index contributed by atoms with van der Waals surface area (Å²) in [5.74, 6) is -3.28. The number of ether oxygens (including phenoxy) is 1. The molecule has 1 N–H and O–H groups in total. The average Bonchev–Trinajstić information content (AvgIpc) is 2.65. The van der Waals surface area contributed by atoms with Crippen LogP contribution in [0.4, 0.5) is 0 Å². The summed E-state index contributed by atoms with van der Waals surface area (Å²) >= 11 is 0. The summed E-state index contributed by atoms with van der Waals surface area (Å²) < 4.78 is 4.99. The Hall–Kier alpha value is -0.890. The number of carboxylic acids is 1. The minimum Gasteiger partial charge on any atom is -0.543 e. The number of nitrogens with zero attached hydrogens (tertiary/aromatic N) is 1. The predicted molar refractivity (Wildman–Crippen MR) is 68.3 cm³/mol. The van der Waals surface area contributed by atoms with Gasteiger partial charge in [-0.05, 0) is 12.5 Å². The normalized spacial score (nSPS) is 27.7. The van der Waals surface area contributed by atoms with Crippen LogP contribution in [0.2, 0.25) is 0 Å². The number of aliphatic hydroxyl groups is 1. The van der Waals surface area contributed by atoms with Gasteiger partial charge in [-0.15, -0.1) is 0 Å². The van der Waals surface area contributed by atoms with Crippen molar-refractivity contribution in [3.8, 4) is 0 Å². The van der Waals surface area contributed by atoms with Crippen molar-refractivity contribution < 1.29 is 58.9 Å². The summed E-state index contributed by atoms with van der Waals surface area (Å²) in [6.45, 7) is 4.71. The Morgan fingerprint density at radius 1 is 1.45 bits per heavy atom. The van der Waals surface area contributed by atoms with Crippen LogP contribution in [0.15, 0.2) is 11.3 Å². The van der Waals surface area contributed by atoms with E-state index in [-0.39, 0.29) is 54.2 Å². The van der Waals surface area contributed by atoms with Gasteiger partial charge >= 0.3 is 35.5 Å². The van der Waals surface area contributed by atoms with E-state index in [1.165, 1.54) is 6.92 Å². The molecule has 7 nitrogen and oxygen atoms in total. The van der Waals surface area contributed by atoms with Crippen LogP contribution in [0.1, 0.15) is 27.2 Å². The van der Waals surface area contributed by atoms with Gasteiger partial charge in [0.25, 0.3) is 0 Å². The molecule has 8 heteroatoms. The summed E-state index contributed by atoms with van der Waals surface area (Å²) in [4.78, 5) is 35.7. The van der Waals surface area contributed by atoms with Gasteiger partial charge in [-0.2, -0.15) is 0 Å². The first-order chi connectivity index (χ1) is 9.81. The molecule has 0 aliphatic carbocycles. The Bertz CT molecular complexity index is 529. The summed E-state index contributed by atoms with van der Waals surface area (Å²) in [5, 5.41) is 21.0. The fourth-order valence-electron chi connectivity index (χ4n) is 3.08. The molecular formula is C14H18NNaO6. The Balaban J connectivity index is 0.00000242. The molecule has 2 aliphatic heterocycles. The van der Waals surface area contributed by atoms with E-state index in [2.05, 4.69) is 0 Å². The Morgan fingerprint density at radius 3 is 2.50 bits per heavy atom. The van der Waals surface area contributed by atoms with Crippen molar-refractivity contribution in [1.29, 1.82) is 0 Å². The molecule has 0 spiro atoms. The van der Waals surface area contributed by atoms with Crippen molar-refractivity contribution in [1.82, 2.24) is 4.90 Å². The molecule has 2 heterocycles. The topological polar surface area (TPSA) is 107 Å². The van der Waals surface area contributed by atoms with Gasteiger partial charge < -0.3 is 24.6 Å². The van der Waals surface area contributed by atoms with Crippen LogP contribution in [0.5, 0.6) is 0 Å². The third-order valence-corrected chi connectivity index (χ3v) is 4.19. The molecule has 0 saturated carbocycles. The van der Waals surface area contributed by atoms with Crippen LogP contribution in [0, 0.1) is 11.8 Å². The van der Waals surface area contributed by atoms with E-state index in [1.54, 1.807) is 13.8 Å². The second kappa shape index (κ2) is 7.12. The van der Waals surface area contributed by atoms with Crippen molar-refractivity contribution in [2.45, 2.75) is 39.3 Å². The van der Waals surface area contributed by atoms with Gasteiger partial charge in [0, 0.05) is 12.3 Å². The maximum Gasteiger partial charge on any atom is 1.00 e. The van der Waals surface area contributed by atoms with E-state index in [0.717, 1.165) is 4.90 Å². The summed E-state index contributed by atoms with van der Waals surface area (Å²) in [7, 11) is 0. The maximum atomic E-state index is 12.0.